The number of carboxylic acid groups (broad SMARTS) is 1. The third-order valence-corrected chi connectivity index (χ3v) is 1.57. The number of aliphatic carboxylic acids is 1. The van der Waals surface area contributed by atoms with Crippen LogP contribution >= 0.6 is 0 Å². The fourth-order valence-corrected chi connectivity index (χ4v) is 0.921. The van der Waals surface area contributed by atoms with Gasteiger partial charge in [-0.05, 0) is 13.3 Å². The number of aryl methyl sites for hydroxylation is 2. The van der Waals surface area contributed by atoms with Crippen LogP contribution in [0, 0.1) is 6.92 Å². The second-order valence-corrected chi connectivity index (χ2v) is 2.53. The standard InChI is InChI=1S/C7H11N3O2/c1-6-8-5-9-10(6)4-2-3-7(11)12/h5H,2-4H2,1H3,(H,11,12). The van der Waals surface area contributed by atoms with E-state index in [1.807, 2.05) is 6.92 Å². The Bertz CT molecular complexity index is 269. The second kappa shape index (κ2) is 3.85. The lowest BCUT2D eigenvalue weighted by Gasteiger charge is -1.99. The van der Waals surface area contributed by atoms with Gasteiger partial charge in [-0.2, -0.15) is 5.10 Å². The van der Waals surface area contributed by atoms with Crippen LogP contribution in [-0.4, -0.2) is 25.8 Å². The SMILES string of the molecule is Cc1ncnn1CCCC(=O)O. The maximum Gasteiger partial charge on any atom is 0.303 e. The summed E-state index contributed by atoms with van der Waals surface area (Å²) < 4.78 is 1.70. The minimum Gasteiger partial charge on any atom is -0.481 e. The molecule has 0 spiro atoms. The van der Waals surface area contributed by atoms with Crippen LogP contribution in [0.5, 0.6) is 0 Å². The monoisotopic (exact) mass is 169 g/mol. The van der Waals surface area contributed by atoms with Crippen molar-refractivity contribution in [3.63, 3.8) is 0 Å². The minimum absolute atomic E-state index is 0.180. The molecule has 1 aromatic rings. The molecule has 5 nitrogen and oxygen atoms in total. The Morgan fingerprint density at radius 3 is 3.00 bits per heavy atom. The van der Waals surface area contributed by atoms with Gasteiger partial charge in [0, 0.05) is 13.0 Å². The van der Waals surface area contributed by atoms with Crippen molar-refractivity contribution in [2.75, 3.05) is 0 Å². The molecule has 0 aliphatic rings. The Morgan fingerprint density at radius 1 is 1.75 bits per heavy atom. The van der Waals surface area contributed by atoms with Crippen molar-refractivity contribution in [3.05, 3.63) is 12.2 Å². The molecular formula is C7H11N3O2. The van der Waals surface area contributed by atoms with Crippen LogP contribution in [-0.2, 0) is 11.3 Å². The van der Waals surface area contributed by atoms with Crippen LogP contribution in [0.1, 0.15) is 18.7 Å². The number of rotatable bonds is 4. The highest BCUT2D eigenvalue weighted by atomic mass is 16.4. The average Bonchev–Trinajstić information content (AvgIpc) is 2.36. The molecule has 0 aliphatic carbocycles. The molecule has 0 aliphatic heterocycles. The lowest BCUT2D eigenvalue weighted by molar-refractivity contribution is -0.137. The van der Waals surface area contributed by atoms with Gasteiger partial charge in [0.15, 0.2) is 0 Å². The number of hydrogen-bond donors (Lipinski definition) is 1. The van der Waals surface area contributed by atoms with Gasteiger partial charge in [0.05, 0.1) is 0 Å². The predicted octanol–water partition coefficient (Wildman–Crippen LogP) is 0.451. The van der Waals surface area contributed by atoms with Gasteiger partial charge >= 0.3 is 5.97 Å². The molecule has 0 amide bonds. The normalized spacial score (nSPS) is 10.1. The topological polar surface area (TPSA) is 68.0 Å². The lowest BCUT2D eigenvalue weighted by atomic mass is 10.3. The molecule has 0 bridgehead atoms. The molecule has 0 atom stereocenters. The Balaban J connectivity index is 2.33. The van der Waals surface area contributed by atoms with Gasteiger partial charge in [0.1, 0.15) is 12.2 Å². The first-order chi connectivity index (χ1) is 5.70. The molecule has 0 saturated heterocycles. The van der Waals surface area contributed by atoms with Crippen molar-refractivity contribution >= 4 is 5.97 Å². The summed E-state index contributed by atoms with van der Waals surface area (Å²) in [5.41, 5.74) is 0. The summed E-state index contributed by atoms with van der Waals surface area (Å²) in [6.45, 7) is 2.46. The zero-order valence-corrected chi connectivity index (χ0v) is 6.90. The molecule has 0 saturated carbocycles. The van der Waals surface area contributed by atoms with Gasteiger partial charge < -0.3 is 5.11 Å². The van der Waals surface area contributed by atoms with E-state index < -0.39 is 5.97 Å². The summed E-state index contributed by atoms with van der Waals surface area (Å²) in [6, 6.07) is 0. The van der Waals surface area contributed by atoms with E-state index >= 15 is 0 Å². The van der Waals surface area contributed by atoms with Crippen molar-refractivity contribution in [3.8, 4) is 0 Å². The smallest absolute Gasteiger partial charge is 0.303 e. The van der Waals surface area contributed by atoms with Crippen LogP contribution in [0.3, 0.4) is 0 Å². The minimum atomic E-state index is -0.771. The Kier molecular flexibility index (Phi) is 2.79. The van der Waals surface area contributed by atoms with Crippen molar-refractivity contribution in [2.45, 2.75) is 26.3 Å². The zero-order valence-electron chi connectivity index (χ0n) is 6.90. The zero-order chi connectivity index (χ0) is 8.97. The predicted molar refractivity (Wildman–Crippen MR) is 41.6 cm³/mol. The van der Waals surface area contributed by atoms with Gasteiger partial charge in [-0.3, -0.25) is 9.48 Å². The largest absolute Gasteiger partial charge is 0.481 e. The van der Waals surface area contributed by atoms with Gasteiger partial charge in [-0.1, -0.05) is 0 Å². The van der Waals surface area contributed by atoms with Crippen molar-refractivity contribution < 1.29 is 9.90 Å². The molecule has 1 rings (SSSR count). The molecule has 1 N–H and O–H groups in total. The van der Waals surface area contributed by atoms with Crippen molar-refractivity contribution in [1.29, 1.82) is 0 Å². The van der Waals surface area contributed by atoms with Crippen LogP contribution in [0.2, 0.25) is 0 Å². The first-order valence-electron chi connectivity index (χ1n) is 3.76. The molecule has 1 heterocycles. The third-order valence-electron chi connectivity index (χ3n) is 1.57. The molecule has 0 fully saturated rings. The van der Waals surface area contributed by atoms with Crippen LogP contribution in [0.4, 0.5) is 0 Å². The highest BCUT2D eigenvalue weighted by Gasteiger charge is 2.00. The van der Waals surface area contributed by atoms with Gasteiger partial charge in [0.2, 0.25) is 0 Å². The van der Waals surface area contributed by atoms with Crippen LogP contribution < -0.4 is 0 Å². The summed E-state index contributed by atoms with van der Waals surface area (Å²) in [5.74, 6) is 0.0492. The number of aromatic nitrogens is 3. The van der Waals surface area contributed by atoms with E-state index in [1.54, 1.807) is 4.68 Å². The molecule has 0 unspecified atom stereocenters. The molecular weight excluding hydrogens is 158 g/mol. The quantitative estimate of drug-likeness (QED) is 0.710. The fraction of sp³-hybridized carbons (Fsp3) is 0.571. The molecule has 12 heavy (non-hydrogen) atoms. The number of hydrogen-bond acceptors (Lipinski definition) is 3. The van der Waals surface area contributed by atoms with E-state index in [9.17, 15) is 4.79 Å². The maximum absolute atomic E-state index is 10.2. The first kappa shape index (κ1) is 8.70. The maximum atomic E-state index is 10.2. The highest BCUT2D eigenvalue weighted by molar-refractivity contribution is 5.66. The van der Waals surface area contributed by atoms with E-state index in [0.29, 0.717) is 13.0 Å². The van der Waals surface area contributed by atoms with E-state index in [0.717, 1.165) is 5.82 Å². The number of carbonyl (C=O) groups is 1. The van der Waals surface area contributed by atoms with Crippen molar-refractivity contribution in [1.82, 2.24) is 14.8 Å². The summed E-state index contributed by atoms with van der Waals surface area (Å²) in [7, 11) is 0. The summed E-state index contributed by atoms with van der Waals surface area (Å²) in [4.78, 5) is 14.1. The van der Waals surface area contributed by atoms with Crippen molar-refractivity contribution in [2.24, 2.45) is 0 Å². The van der Waals surface area contributed by atoms with Crippen LogP contribution in [0.15, 0.2) is 6.33 Å². The molecule has 0 radical (unpaired) electrons. The summed E-state index contributed by atoms with van der Waals surface area (Å²) in [6.07, 6.45) is 2.24. The molecule has 0 aromatic carbocycles. The Hall–Kier alpha value is -1.39. The fourth-order valence-electron chi connectivity index (χ4n) is 0.921. The van der Waals surface area contributed by atoms with E-state index in [-0.39, 0.29) is 6.42 Å². The van der Waals surface area contributed by atoms with Gasteiger partial charge in [0.25, 0.3) is 0 Å². The number of carboxylic acids is 1. The summed E-state index contributed by atoms with van der Waals surface area (Å²) in [5, 5.41) is 12.3. The number of nitrogens with zero attached hydrogens (tertiary/aromatic N) is 3. The molecule has 1 aromatic heterocycles. The Labute approximate surface area is 70.0 Å². The average molecular weight is 169 g/mol. The second-order valence-electron chi connectivity index (χ2n) is 2.53. The highest BCUT2D eigenvalue weighted by Crippen LogP contribution is 1.96. The van der Waals surface area contributed by atoms with Gasteiger partial charge in [-0.15, -0.1) is 0 Å². The lowest BCUT2D eigenvalue weighted by Crippen LogP contribution is -2.05. The third kappa shape index (κ3) is 2.34. The van der Waals surface area contributed by atoms with E-state index in [1.165, 1.54) is 6.33 Å². The molecule has 66 valence electrons. The summed E-state index contributed by atoms with van der Waals surface area (Å²) >= 11 is 0. The van der Waals surface area contributed by atoms with Gasteiger partial charge in [-0.25, -0.2) is 4.98 Å². The van der Waals surface area contributed by atoms with E-state index in [2.05, 4.69) is 10.1 Å². The molecule has 5 heteroatoms. The Morgan fingerprint density at radius 2 is 2.50 bits per heavy atom. The van der Waals surface area contributed by atoms with E-state index in [4.69, 9.17) is 5.11 Å². The first-order valence-corrected chi connectivity index (χ1v) is 3.76. The van der Waals surface area contributed by atoms with Crippen LogP contribution in [0.25, 0.3) is 0 Å².